The van der Waals surface area contributed by atoms with Gasteiger partial charge in [-0.15, -0.1) is 11.3 Å². The van der Waals surface area contributed by atoms with Crippen LogP contribution in [0.4, 0.5) is 5.00 Å². The van der Waals surface area contributed by atoms with Gasteiger partial charge in [-0.05, 0) is 37.5 Å². The molecule has 7 nitrogen and oxygen atoms in total. The summed E-state index contributed by atoms with van der Waals surface area (Å²) in [4.78, 5) is 44.4. The Morgan fingerprint density at radius 3 is 2.67 bits per heavy atom. The molecule has 0 spiro atoms. The summed E-state index contributed by atoms with van der Waals surface area (Å²) in [5, 5.41) is 10.0. The molecular formula is C22H25N3O4S. The zero-order valence-corrected chi connectivity index (χ0v) is 18.2. The number of carbonyl (C=O) groups excluding carboxylic acids is 3. The number of likely N-dealkylation sites (N-methyl/N-ethyl adjacent to an activating group) is 1. The zero-order chi connectivity index (χ0) is 21.6. The lowest BCUT2D eigenvalue weighted by molar-refractivity contribution is -0.119. The first-order chi connectivity index (χ1) is 14.3. The van der Waals surface area contributed by atoms with Crippen molar-refractivity contribution >= 4 is 34.1 Å². The summed E-state index contributed by atoms with van der Waals surface area (Å²) in [5.74, 6) is -0.403. The monoisotopic (exact) mass is 427 g/mol. The van der Waals surface area contributed by atoms with Crippen LogP contribution in [-0.2, 0) is 17.8 Å². The fourth-order valence-corrected chi connectivity index (χ4v) is 5.58. The summed E-state index contributed by atoms with van der Waals surface area (Å²) in [7, 11) is 1.62. The second kappa shape index (κ2) is 7.85. The van der Waals surface area contributed by atoms with E-state index in [0.717, 1.165) is 21.6 Å². The van der Waals surface area contributed by atoms with Crippen molar-refractivity contribution < 1.29 is 19.5 Å². The molecule has 1 aromatic carbocycles. The highest BCUT2D eigenvalue weighted by molar-refractivity contribution is 7.17. The van der Waals surface area contributed by atoms with Crippen LogP contribution in [0.15, 0.2) is 18.2 Å². The number of rotatable bonds is 3. The third-order valence-corrected chi connectivity index (χ3v) is 6.98. The van der Waals surface area contributed by atoms with Crippen molar-refractivity contribution in [2.45, 2.75) is 26.8 Å². The van der Waals surface area contributed by atoms with Crippen molar-refractivity contribution in [2.24, 2.45) is 0 Å². The second-order valence-electron chi connectivity index (χ2n) is 7.91. The minimum atomic E-state index is -0.208. The Labute approximate surface area is 179 Å². The first kappa shape index (κ1) is 20.6. The van der Waals surface area contributed by atoms with Gasteiger partial charge < -0.3 is 14.9 Å². The molecule has 2 aromatic rings. The van der Waals surface area contributed by atoms with Crippen LogP contribution < -0.4 is 4.90 Å². The number of amides is 3. The van der Waals surface area contributed by atoms with Crippen LogP contribution in [0.2, 0.25) is 0 Å². The van der Waals surface area contributed by atoms with Gasteiger partial charge in [-0.1, -0.05) is 17.7 Å². The highest BCUT2D eigenvalue weighted by Crippen LogP contribution is 2.41. The summed E-state index contributed by atoms with van der Waals surface area (Å²) in [6, 6.07) is 5.81. The van der Waals surface area contributed by atoms with E-state index in [1.54, 1.807) is 7.05 Å². The van der Waals surface area contributed by atoms with Crippen molar-refractivity contribution in [3.05, 3.63) is 50.9 Å². The lowest BCUT2D eigenvalue weighted by atomic mass is 10.00. The lowest BCUT2D eigenvalue weighted by Crippen LogP contribution is -2.39. The molecule has 3 amide bonds. The molecule has 158 valence electrons. The van der Waals surface area contributed by atoms with Crippen molar-refractivity contribution in [1.82, 2.24) is 9.80 Å². The molecule has 0 radical (unpaired) electrons. The van der Waals surface area contributed by atoms with E-state index in [-0.39, 0.29) is 37.4 Å². The van der Waals surface area contributed by atoms with Crippen LogP contribution in [0.25, 0.3) is 0 Å². The summed E-state index contributed by atoms with van der Waals surface area (Å²) >= 11 is 1.38. The fourth-order valence-electron chi connectivity index (χ4n) is 4.19. The Morgan fingerprint density at radius 1 is 1.20 bits per heavy atom. The lowest BCUT2D eigenvalue weighted by Gasteiger charge is -2.28. The molecule has 0 atom stereocenters. The van der Waals surface area contributed by atoms with Crippen molar-refractivity contribution in [1.29, 1.82) is 0 Å². The summed E-state index contributed by atoms with van der Waals surface area (Å²) < 4.78 is 0. The van der Waals surface area contributed by atoms with Crippen LogP contribution in [-0.4, -0.2) is 65.9 Å². The maximum Gasteiger partial charge on any atom is 0.257 e. The van der Waals surface area contributed by atoms with Crippen LogP contribution in [0, 0.1) is 13.8 Å². The number of hydrogen-bond donors (Lipinski definition) is 1. The molecule has 0 fully saturated rings. The zero-order valence-electron chi connectivity index (χ0n) is 17.4. The maximum atomic E-state index is 13.1. The number of thiophene rings is 1. The molecular weight excluding hydrogens is 402 g/mol. The smallest absolute Gasteiger partial charge is 0.257 e. The third-order valence-electron chi connectivity index (χ3n) is 5.74. The van der Waals surface area contributed by atoms with Crippen LogP contribution in [0.3, 0.4) is 0 Å². The number of hydrogen-bond acceptors (Lipinski definition) is 5. The number of benzene rings is 1. The highest BCUT2D eigenvalue weighted by Gasteiger charge is 2.37. The third kappa shape index (κ3) is 3.40. The average molecular weight is 428 g/mol. The Balaban J connectivity index is 1.69. The van der Waals surface area contributed by atoms with E-state index in [1.165, 1.54) is 21.1 Å². The van der Waals surface area contributed by atoms with Gasteiger partial charge in [0.2, 0.25) is 5.91 Å². The van der Waals surface area contributed by atoms with Crippen molar-refractivity contribution in [2.75, 3.05) is 38.2 Å². The molecule has 0 saturated carbocycles. The molecule has 3 heterocycles. The van der Waals surface area contributed by atoms with E-state index in [2.05, 4.69) is 0 Å². The number of carbonyl (C=O) groups is 3. The van der Waals surface area contributed by atoms with Gasteiger partial charge in [0, 0.05) is 30.6 Å². The van der Waals surface area contributed by atoms with Gasteiger partial charge in [-0.3, -0.25) is 19.3 Å². The minimum absolute atomic E-state index is 0.00762. The van der Waals surface area contributed by atoms with E-state index in [1.807, 2.05) is 36.9 Å². The minimum Gasteiger partial charge on any atom is -0.395 e. The van der Waals surface area contributed by atoms with Crippen molar-refractivity contribution in [3.63, 3.8) is 0 Å². The number of anilines is 1. The quantitative estimate of drug-likeness (QED) is 0.812. The van der Waals surface area contributed by atoms with Crippen LogP contribution in [0.5, 0.6) is 0 Å². The number of fused-ring (bicyclic) bond motifs is 3. The molecule has 4 rings (SSSR count). The Bertz CT molecular complexity index is 1050. The van der Waals surface area contributed by atoms with E-state index in [4.69, 9.17) is 0 Å². The fraction of sp³-hybridized carbons (Fsp3) is 0.409. The van der Waals surface area contributed by atoms with Gasteiger partial charge in [0.15, 0.2) is 0 Å². The average Bonchev–Trinajstić information content (AvgIpc) is 3.05. The largest absolute Gasteiger partial charge is 0.395 e. The molecule has 2 aliphatic rings. The highest BCUT2D eigenvalue weighted by atomic mass is 32.1. The van der Waals surface area contributed by atoms with E-state index >= 15 is 0 Å². The molecule has 0 bridgehead atoms. The van der Waals surface area contributed by atoms with E-state index < -0.39 is 0 Å². The summed E-state index contributed by atoms with van der Waals surface area (Å²) in [6.07, 6.45) is 0.568. The maximum absolute atomic E-state index is 13.1. The molecule has 1 N–H and O–H groups in total. The van der Waals surface area contributed by atoms with Crippen LogP contribution >= 0.6 is 11.3 Å². The number of β-amino-alcohol motifs (C(OH)–C–C–N with tert-alkyl or cyclic N) is 1. The predicted molar refractivity (Wildman–Crippen MR) is 115 cm³/mol. The first-order valence-electron chi connectivity index (χ1n) is 9.99. The molecule has 0 saturated heterocycles. The number of aliphatic hydroxyl groups is 1. The summed E-state index contributed by atoms with van der Waals surface area (Å²) in [5.41, 5.74) is 4.23. The van der Waals surface area contributed by atoms with Gasteiger partial charge >= 0.3 is 0 Å². The Hall–Kier alpha value is -2.71. The van der Waals surface area contributed by atoms with Gasteiger partial charge in [0.25, 0.3) is 11.8 Å². The standard InChI is InChI=1S/C22H25N3O4S/c1-13-4-5-15(14(2)10-13)20(28)24-7-6-16-17(11-24)30-22-19(16)21(29)23(3)12-18(27)25(22)8-9-26/h4-5,10,26H,6-9,11-12H2,1-3H3. The molecule has 2 aliphatic heterocycles. The predicted octanol–water partition coefficient (Wildman–Crippen LogP) is 1.97. The van der Waals surface area contributed by atoms with Gasteiger partial charge in [-0.25, -0.2) is 0 Å². The van der Waals surface area contributed by atoms with Crippen molar-refractivity contribution in [3.8, 4) is 0 Å². The Kier molecular flexibility index (Phi) is 5.38. The van der Waals surface area contributed by atoms with E-state index in [0.29, 0.717) is 35.6 Å². The first-order valence-corrected chi connectivity index (χ1v) is 10.8. The van der Waals surface area contributed by atoms with Gasteiger partial charge in [0.1, 0.15) is 11.5 Å². The van der Waals surface area contributed by atoms with Gasteiger partial charge in [0.05, 0.1) is 18.7 Å². The topological polar surface area (TPSA) is 81.2 Å². The molecule has 0 aliphatic carbocycles. The molecule has 0 unspecified atom stereocenters. The molecule has 1 aromatic heterocycles. The second-order valence-corrected chi connectivity index (χ2v) is 8.99. The normalized spacial score (nSPS) is 16.5. The SMILES string of the molecule is Cc1ccc(C(=O)N2CCc3c(sc4c3C(=O)N(C)CC(=O)N4CCO)C2)c(C)c1. The Morgan fingerprint density at radius 2 is 1.97 bits per heavy atom. The van der Waals surface area contributed by atoms with Gasteiger partial charge in [-0.2, -0.15) is 0 Å². The number of aryl methyl sites for hydroxylation is 2. The number of nitrogens with zero attached hydrogens (tertiary/aromatic N) is 3. The number of aliphatic hydroxyl groups excluding tert-OH is 1. The van der Waals surface area contributed by atoms with E-state index in [9.17, 15) is 19.5 Å². The van der Waals surface area contributed by atoms with Crippen LogP contribution in [0.1, 0.15) is 42.3 Å². The molecule has 30 heavy (non-hydrogen) atoms. The molecule has 8 heteroatoms. The summed E-state index contributed by atoms with van der Waals surface area (Å²) in [6.45, 7) is 4.84.